The van der Waals surface area contributed by atoms with Crippen LogP contribution in [0, 0.1) is 10.1 Å². The van der Waals surface area contributed by atoms with Crippen molar-refractivity contribution in [2.24, 2.45) is 0 Å². The van der Waals surface area contributed by atoms with E-state index in [1.807, 2.05) is 30.3 Å². The van der Waals surface area contributed by atoms with Crippen LogP contribution < -0.4 is 10.1 Å². The number of nitro groups is 1. The molecule has 0 heterocycles. The molecule has 0 unspecified atom stereocenters. The van der Waals surface area contributed by atoms with Gasteiger partial charge < -0.3 is 14.8 Å². The smallest absolute Gasteiger partial charge is 0.407 e. The molecule has 8 nitrogen and oxygen atoms in total. The second-order valence-corrected chi connectivity index (χ2v) is 6.26. The third-order valence-corrected chi connectivity index (χ3v) is 4.07. The van der Waals surface area contributed by atoms with Crippen molar-refractivity contribution in [3.05, 3.63) is 106 Å². The Morgan fingerprint density at radius 1 is 0.900 bits per heavy atom. The molecule has 3 aromatic carbocycles. The van der Waals surface area contributed by atoms with E-state index < -0.39 is 17.0 Å². The summed E-state index contributed by atoms with van der Waals surface area (Å²) in [5, 5.41) is 13.3. The van der Waals surface area contributed by atoms with Crippen LogP contribution in [-0.2, 0) is 17.9 Å². The minimum atomic E-state index is -0.614. The highest BCUT2D eigenvalue weighted by molar-refractivity contribution is 5.91. The number of hydrogen-bond acceptors (Lipinski definition) is 6. The lowest BCUT2D eigenvalue weighted by Crippen LogP contribution is -2.23. The minimum Gasteiger partial charge on any atom is -0.445 e. The van der Waals surface area contributed by atoms with E-state index >= 15 is 0 Å². The molecule has 0 saturated heterocycles. The number of amides is 1. The van der Waals surface area contributed by atoms with Crippen LogP contribution in [-0.4, -0.2) is 17.0 Å². The van der Waals surface area contributed by atoms with E-state index in [9.17, 15) is 19.7 Å². The summed E-state index contributed by atoms with van der Waals surface area (Å²) in [7, 11) is 0. The first-order valence-corrected chi connectivity index (χ1v) is 9.01. The van der Waals surface area contributed by atoms with Crippen LogP contribution in [0.5, 0.6) is 5.75 Å². The van der Waals surface area contributed by atoms with Gasteiger partial charge in [0.2, 0.25) is 0 Å². The fourth-order valence-electron chi connectivity index (χ4n) is 2.56. The number of nitrogens with zero attached hydrogens (tertiary/aromatic N) is 1. The predicted molar refractivity (Wildman–Crippen MR) is 108 cm³/mol. The van der Waals surface area contributed by atoms with Gasteiger partial charge in [0.15, 0.2) is 0 Å². The van der Waals surface area contributed by atoms with E-state index in [0.29, 0.717) is 5.56 Å². The van der Waals surface area contributed by atoms with E-state index in [2.05, 4.69) is 5.32 Å². The maximum atomic E-state index is 12.3. The van der Waals surface area contributed by atoms with Gasteiger partial charge in [-0.3, -0.25) is 10.1 Å². The quantitative estimate of drug-likeness (QED) is 0.272. The van der Waals surface area contributed by atoms with Crippen molar-refractivity contribution in [2.45, 2.75) is 13.2 Å². The van der Waals surface area contributed by atoms with E-state index in [1.165, 1.54) is 24.3 Å². The summed E-state index contributed by atoms with van der Waals surface area (Å²) in [5.41, 5.74) is 1.75. The molecule has 0 saturated carbocycles. The molecule has 1 N–H and O–H groups in total. The molecular formula is C22H18N2O6. The van der Waals surface area contributed by atoms with Crippen molar-refractivity contribution in [3.63, 3.8) is 0 Å². The van der Waals surface area contributed by atoms with Crippen LogP contribution in [0.1, 0.15) is 21.5 Å². The maximum absolute atomic E-state index is 12.3. The summed E-state index contributed by atoms with van der Waals surface area (Å²) in [4.78, 5) is 34.3. The molecule has 0 spiro atoms. The number of rotatable bonds is 7. The van der Waals surface area contributed by atoms with Gasteiger partial charge in [0.05, 0.1) is 10.5 Å². The van der Waals surface area contributed by atoms with Crippen molar-refractivity contribution < 1.29 is 24.0 Å². The van der Waals surface area contributed by atoms with Crippen molar-refractivity contribution in [2.75, 3.05) is 0 Å². The summed E-state index contributed by atoms with van der Waals surface area (Å²) in [6, 6.07) is 21.1. The summed E-state index contributed by atoms with van der Waals surface area (Å²) < 4.78 is 10.4. The lowest BCUT2D eigenvalue weighted by atomic mass is 10.1. The van der Waals surface area contributed by atoms with Gasteiger partial charge in [-0.25, -0.2) is 9.59 Å². The van der Waals surface area contributed by atoms with Gasteiger partial charge in [-0.1, -0.05) is 42.5 Å². The maximum Gasteiger partial charge on any atom is 0.407 e. The highest BCUT2D eigenvalue weighted by atomic mass is 16.6. The van der Waals surface area contributed by atoms with Gasteiger partial charge in [0, 0.05) is 18.7 Å². The zero-order valence-electron chi connectivity index (χ0n) is 15.8. The number of carbonyl (C=O) groups is 2. The third kappa shape index (κ3) is 5.90. The van der Waals surface area contributed by atoms with Gasteiger partial charge in [-0.15, -0.1) is 0 Å². The highest BCUT2D eigenvalue weighted by Gasteiger charge is 2.12. The molecule has 0 fully saturated rings. The van der Waals surface area contributed by atoms with Gasteiger partial charge in [0.25, 0.3) is 5.69 Å². The van der Waals surface area contributed by atoms with Gasteiger partial charge in [-0.2, -0.15) is 0 Å². The zero-order chi connectivity index (χ0) is 21.3. The standard InChI is InChI=1S/C22H18N2O6/c25-21(30-20-11-9-19(10-12-20)24(27)28)18-8-4-7-17(13-18)14-23-22(26)29-15-16-5-2-1-3-6-16/h1-13H,14-15H2,(H,23,26). The molecule has 0 bridgehead atoms. The van der Waals surface area contributed by atoms with Crippen LogP contribution >= 0.6 is 0 Å². The SMILES string of the molecule is O=C(NCc1cccc(C(=O)Oc2ccc([N+](=O)[O-])cc2)c1)OCc1ccccc1. The van der Waals surface area contributed by atoms with E-state index in [-0.39, 0.29) is 30.2 Å². The lowest BCUT2D eigenvalue weighted by molar-refractivity contribution is -0.384. The largest absolute Gasteiger partial charge is 0.445 e. The Kier molecular flexibility index (Phi) is 6.73. The molecule has 3 rings (SSSR count). The van der Waals surface area contributed by atoms with Crippen LogP contribution in [0.25, 0.3) is 0 Å². The molecule has 8 heteroatoms. The Bertz CT molecular complexity index is 1040. The van der Waals surface area contributed by atoms with Gasteiger partial charge in [-0.05, 0) is 35.4 Å². The second-order valence-electron chi connectivity index (χ2n) is 6.26. The Morgan fingerprint density at radius 2 is 1.60 bits per heavy atom. The van der Waals surface area contributed by atoms with E-state index in [0.717, 1.165) is 5.56 Å². The fraction of sp³-hybridized carbons (Fsp3) is 0.0909. The first-order valence-electron chi connectivity index (χ1n) is 9.01. The summed E-state index contributed by atoms with van der Waals surface area (Å²) >= 11 is 0. The normalized spacial score (nSPS) is 10.1. The van der Waals surface area contributed by atoms with Gasteiger partial charge >= 0.3 is 12.1 Å². The number of carbonyl (C=O) groups excluding carboxylic acids is 2. The summed E-state index contributed by atoms with van der Waals surface area (Å²) in [6.07, 6.45) is -0.572. The van der Waals surface area contributed by atoms with Crippen LogP contribution in [0.4, 0.5) is 10.5 Å². The molecular weight excluding hydrogens is 388 g/mol. The summed E-state index contributed by atoms with van der Waals surface area (Å²) in [5.74, 6) is -0.420. The van der Waals surface area contributed by atoms with Crippen molar-refractivity contribution in [1.29, 1.82) is 0 Å². The van der Waals surface area contributed by atoms with Crippen LogP contribution in [0.2, 0.25) is 0 Å². The van der Waals surface area contributed by atoms with E-state index in [4.69, 9.17) is 9.47 Å². The number of hydrogen-bond donors (Lipinski definition) is 1. The molecule has 152 valence electrons. The monoisotopic (exact) mass is 406 g/mol. The topological polar surface area (TPSA) is 108 Å². The van der Waals surface area contributed by atoms with Crippen molar-refractivity contribution in [3.8, 4) is 5.75 Å². The number of esters is 1. The number of alkyl carbamates (subject to hydrolysis) is 1. The molecule has 3 aromatic rings. The molecule has 0 atom stereocenters. The molecule has 1 amide bonds. The molecule has 0 aliphatic heterocycles. The Morgan fingerprint density at radius 3 is 2.30 bits per heavy atom. The number of non-ortho nitro benzene ring substituents is 1. The van der Waals surface area contributed by atoms with Crippen LogP contribution in [0.3, 0.4) is 0 Å². The Labute approximate surface area is 172 Å². The zero-order valence-corrected chi connectivity index (χ0v) is 15.8. The fourth-order valence-corrected chi connectivity index (χ4v) is 2.56. The Hall–Kier alpha value is -4.20. The molecule has 0 radical (unpaired) electrons. The molecule has 0 aliphatic rings. The number of nitro benzene ring substituents is 1. The van der Waals surface area contributed by atoms with Gasteiger partial charge in [0.1, 0.15) is 12.4 Å². The average molecular weight is 406 g/mol. The van der Waals surface area contributed by atoms with E-state index in [1.54, 1.807) is 24.3 Å². The first-order chi connectivity index (χ1) is 14.5. The summed E-state index contributed by atoms with van der Waals surface area (Å²) in [6.45, 7) is 0.334. The minimum absolute atomic E-state index is 0.0954. The lowest BCUT2D eigenvalue weighted by Gasteiger charge is -2.09. The van der Waals surface area contributed by atoms with Crippen molar-refractivity contribution in [1.82, 2.24) is 5.32 Å². The number of nitrogens with one attached hydrogen (secondary N) is 1. The molecule has 0 aliphatic carbocycles. The highest BCUT2D eigenvalue weighted by Crippen LogP contribution is 2.18. The average Bonchev–Trinajstić information content (AvgIpc) is 2.77. The van der Waals surface area contributed by atoms with Crippen molar-refractivity contribution >= 4 is 17.7 Å². The molecule has 0 aromatic heterocycles. The number of benzene rings is 3. The Balaban J connectivity index is 1.52. The predicted octanol–water partition coefficient (Wildman–Crippen LogP) is 4.24. The second kappa shape index (κ2) is 9.83. The first kappa shape index (κ1) is 20.5. The molecule has 30 heavy (non-hydrogen) atoms. The number of ether oxygens (including phenoxy) is 2. The third-order valence-electron chi connectivity index (χ3n) is 4.07. The van der Waals surface area contributed by atoms with Crippen LogP contribution in [0.15, 0.2) is 78.9 Å².